The molecule has 0 heterocycles. The minimum Gasteiger partial charge on any atom is -0.399 e. The summed E-state index contributed by atoms with van der Waals surface area (Å²) in [5, 5.41) is 0. The molecule has 0 radical (unpaired) electrons. The lowest BCUT2D eigenvalue weighted by molar-refractivity contribution is -0.186. The molecule has 0 aliphatic rings. The molecule has 0 aliphatic carbocycles. The van der Waals surface area contributed by atoms with E-state index in [4.69, 9.17) is 5.73 Å². The van der Waals surface area contributed by atoms with Gasteiger partial charge in [0.15, 0.2) is 0 Å². The minimum absolute atomic E-state index is 0.140. The summed E-state index contributed by atoms with van der Waals surface area (Å²) in [6, 6.07) is 11.8. The largest absolute Gasteiger partial charge is 0.471 e. The molecule has 7 heteroatoms. The number of carbonyl (C=O) groups excluding carboxylic acids is 1. The molecule has 0 spiro atoms. The Morgan fingerprint density at radius 2 is 1.71 bits per heavy atom. The van der Waals surface area contributed by atoms with Gasteiger partial charge in [0.05, 0.1) is 0 Å². The Balaban J connectivity index is 2.13. The van der Waals surface area contributed by atoms with Crippen molar-refractivity contribution < 1.29 is 22.4 Å². The van der Waals surface area contributed by atoms with E-state index in [1.807, 2.05) is 0 Å². The number of rotatable bonds is 5. The van der Waals surface area contributed by atoms with Crippen molar-refractivity contribution in [1.29, 1.82) is 0 Å². The van der Waals surface area contributed by atoms with E-state index in [-0.39, 0.29) is 19.5 Å². The van der Waals surface area contributed by atoms with Gasteiger partial charge in [0.25, 0.3) is 0 Å². The fraction of sp³-hybridized carbons (Fsp3) is 0.235. The van der Waals surface area contributed by atoms with Gasteiger partial charge in [-0.15, -0.1) is 0 Å². The Kier molecular flexibility index (Phi) is 5.43. The fourth-order valence-corrected chi connectivity index (χ4v) is 2.24. The Morgan fingerprint density at radius 1 is 1.04 bits per heavy atom. The van der Waals surface area contributed by atoms with Crippen LogP contribution in [0.3, 0.4) is 0 Å². The molecule has 0 bridgehead atoms. The first kappa shape index (κ1) is 17.8. The molecule has 2 aromatic rings. The van der Waals surface area contributed by atoms with Gasteiger partial charge >= 0.3 is 12.1 Å². The molecule has 24 heavy (non-hydrogen) atoms. The van der Waals surface area contributed by atoms with Gasteiger partial charge in [-0.3, -0.25) is 4.79 Å². The zero-order valence-electron chi connectivity index (χ0n) is 12.7. The van der Waals surface area contributed by atoms with Crippen molar-refractivity contribution in [3.8, 4) is 0 Å². The van der Waals surface area contributed by atoms with Gasteiger partial charge in [0.2, 0.25) is 0 Å². The standard InChI is InChI=1S/C17H16F4N2O/c18-14-3-1-2-13(10-14)11-23(16(24)17(19,20)21)9-8-12-4-6-15(22)7-5-12/h1-7,10H,8-9,11,22H2. The number of amides is 1. The average Bonchev–Trinajstić information content (AvgIpc) is 2.51. The van der Waals surface area contributed by atoms with E-state index >= 15 is 0 Å². The van der Waals surface area contributed by atoms with Crippen LogP contribution < -0.4 is 5.73 Å². The van der Waals surface area contributed by atoms with E-state index in [9.17, 15) is 22.4 Å². The molecule has 0 aromatic heterocycles. The quantitative estimate of drug-likeness (QED) is 0.668. The minimum atomic E-state index is -4.98. The monoisotopic (exact) mass is 340 g/mol. The highest BCUT2D eigenvalue weighted by atomic mass is 19.4. The number of carbonyl (C=O) groups is 1. The Morgan fingerprint density at radius 3 is 2.29 bits per heavy atom. The molecule has 2 N–H and O–H groups in total. The van der Waals surface area contributed by atoms with Crippen molar-refractivity contribution in [3.63, 3.8) is 0 Å². The van der Waals surface area contributed by atoms with E-state index in [2.05, 4.69) is 0 Å². The Labute approximate surface area is 136 Å². The smallest absolute Gasteiger partial charge is 0.399 e. The van der Waals surface area contributed by atoms with Gasteiger partial charge in [0, 0.05) is 18.8 Å². The average molecular weight is 340 g/mol. The lowest BCUT2D eigenvalue weighted by Gasteiger charge is -2.24. The van der Waals surface area contributed by atoms with Crippen molar-refractivity contribution >= 4 is 11.6 Å². The first-order valence-electron chi connectivity index (χ1n) is 7.20. The van der Waals surface area contributed by atoms with Crippen LogP contribution in [-0.2, 0) is 17.8 Å². The molecule has 1 amide bonds. The maximum absolute atomic E-state index is 13.2. The number of nitrogens with two attached hydrogens (primary N) is 1. The summed E-state index contributed by atoms with van der Waals surface area (Å²) in [6.07, 6.45) is -4.74. The second-order valence-corrected chi connectivity index (χ2v) is 5.35. The van der Waals surface area contributed by atoms with Crippen LogP contribution in [0.4, 0.5) is 23.2 Å². The summed E-state index contributed by atoms with van der Waals surface area (Å²) in [5.74, 6) is -2.51. The van der Waals surface area contributed by atoms with Crippen molar-refractivity contribution in [3.05, 3.63) is 65.5 Å². The second kappa shape index (κ2) is 7.33. The highest BCUT2D eigenvalue weighted by Gasteiger charge is 2.42. The molecule has 0 fully saturated rings. The maximum atomic E-state index is 13.2. The van der Waals surface area contributed by atoms with E-state index in [0.717, 1.165) is 11.6 Å². The summed E-state index contributed by atoms with van der Waals surface area (Å²) in [7, 11) is 0. The van der Waals surface area contributed by atoms with Crippen molar-refractivity contribution in [2.45, 2.75) is 19.1 Å². The lowest BCUT2D eigenvalue weighted by Crippen LogP contribution is -2.41. The number of nitrogen functional groups attached to an aromatic ring is 1. The predicted octanol–water partition coefficient (Wildman–Crippen LogP) is 3.54. The molecule has 3 nitrogen and oxygen atoms in total. The summed E-state index contributed by atoms with van der Waals surface area (Å²) in [5.41, 5.74) is 7.15. The zero-order valence-corrected chi connectivity index (χ0v) is 12.7. The molecule has 0 atom stereocenters. The third-order valence-electron chi connectivity index (χ3n) is 3.44. The van der Waals surface area contributed by atoms with E-state index < -0.39 is 17.9 Å². The maximum Gasteiger partial charge on any atom is 0.471 e. The van der Waals surface area contributed by atoms with Crippen LogP contribution in [0, 0.1) is 5.82 Å². The van der Waals surface area contributed by atoms with E-state index in [1.54, 1.807) is 24.3 Å². The van der Waals surface area contributed by atoms with Gasteiger partial charge in [-0.25, -0.2) is 4.39 Å². The van der Waals surface area contributed by atoms with Crippen LogP contribution in [0.5, 0.6) is 0 Å². The first-order valence-corrected chi connectivity index (χ1v) is 7.20. The van der Waals surface area contributed by atoms with Crippen LogP contribution in [0.15, 0.2) is 48.5 Å². The predicted molar refractivity (Wildman–Crippen MR) is 82.4 cm³/mol. The molecule has 0 saturated heterocycles. The molecule has 128 valence electrons. The number of halogens is 4. The van der Waals surface area contributed by atoms with Crippen molar-refractivity contribution in [2.24, 2.45) is 0 Å². The van der Waals surface area contributed by atoms with Gasteiger partial charge in [0.1, 0.15) is 5.82 Å². The number of anilines is 1. The van der Waals surface area contributed by atoms with Crippen LogP contribution in [-0.4, -0.2) is 23.5 Å². The van der Waals surface area contributed by atoms with Gasteiger partial charge in [-0.05, 0) is 41.8 Å². The molecular weight excluding hydrogens is 324 g/mol. The highest BCUT2D eigenvalue weighted by molar-refractivity contribution is 5.81. The van der Waals surface area contributed by atoms with Crippen LogP contribution in [0.2, 0.25) is 0 Å². The number of hydrogen-bond donors (Lipinski definition) is 1. The summed E-state index contributed by atoms with van der Waals surface area (Å²) >= 11 is 0. The Bertz CT molecular complexity index is 698. The van der Waals surface area contributed by atoms with E-state index in [0.29, 0.717) is 16.2 Å². The molecule has 0 aliphatic heterocycles. The molecule has 0 unspecified atom stereocenters. The first-order chi connectivity index (χ1) is 11.3. The molecule has 0 saturated carbocycles. The van der Waals surface area contributed by atoms with Crippen LogP contribution >= 0.6 is 0 Å². The highest BCUT2D eigenvalue weighted by Crippen LogP contribution is 2.21. The lowest BCUT2D eigenvalue weighted by atomic mass is 10.1. The molecular formula is C17H16F4N2O. The zero-order chi connectivity index (χ0) is 17.7. The summed E-state index contributed by atoms with van der Waals surface area (Å²) in [6.45, 7) is -0.455. The van der Waals surface area contributed by atoms with Gasteiger partial charge < -0.3 is 10.6 Å². The van der Waals surface area contributed by atoms with Gasteiger partial charge in [-0.1, -0.05) is 24.3 Å². The van der Waals surface area contributed by atoms with Crippen LogP contribution in [0.25, 0.3) is 0 Å². The van der Waals surface area contributed by atoms with Crippen molar-refractivity contribution in [2.75, 3.05) is 12.3 Å². The fourth-order valence-electron chi connectivity index (χ4n) is 2.24. The third kappa shape index (κ3) is 4.97. The SMILES string of the molecule is Nc1ccc(CCN(Cc2cccc(F)c2)C(=O)C(F)(F)F)cc1. The van der Waals surface area contributed by atoms with Crippen LogP contribution in [0.1, 0.15) is 11.1 Å². The topological polar surface area (TPSA) is 46.3 Å². The van der Waals surface area contributed by atoms with E-state index in [1.165, 1.54) is 18.2 Å². The number of hydrogen-bond acceptors (Lipinski definition) is 2. The van der Waals surface area contributed by atoms with Crippen molar-refractivity contribution in [1.82, 2.24) is 4.90 Å². The normalized spacial score (nSPS) is 11.3. The third-order valence-corrected chi connectivity index (χ3v) is 3.44. The number of nitrogens with zero attached hydrogens (tertiary/aromatic N) is 1. The number of alkyl halides is 3. The second-order valence-electron chi connectivity index (χ2n) is 5.35. The number of benzene rings is 2. The summed E-state index contributed by atoms with van der Waals surface area (Å²) in [4.78, 5) is 12.3. The molecule has 2 rings (SSSR count). The van der Waals surface area contributed by atoms with Gasteiger partial charge in [-0.2, -0.15) is 13.2 Å². The summed E-state index contributed by atoms with van der Waals surface area (Å²) < 4.78 is 51.5. The molecule has 2 aromatic carbocycles. The Hall–Kier alpha value is -2.57.